The lowest BCUT2D eigenvalue weighted by molar-refractivity contribution is -0.192. The number of alkyl halides is 3. The van der Waals surface area contributed by atoms with E-state index in [9.17, 15) is 31.5 Å². The van der Waals surface area contributed by atoms with Crippen LogP contribution in [0.3, 0.4) is 0 Å². The maximum absolute atomic E-state index is 12.9. The molecule has 0 amide bonds. The Morgan fingerprint density at radius 2 is 1.64 bits per heavy atom. The quantitative estimate of drug-likeness (QED) is 0.155. The van der Waals surface area contributed by atoms with Gasteiger partial charge in [-0.2, -0.15) is 17.9 Å². The van der Waals surface area contributed by atoms with Crippen molar-refractivity contribution in [2.45, 2.75) is 50.2 Å². The van der Waals surface area contributed by atoms with Crippen LogP contribution in [-0.2, 0) is 19.6 Å². The molecule has 4 N–H and O–H groups in total. The second-order valence-electron chi connectivity index (χ2n) is 8.38. The van der Waals surface area contributed by atoms with E-state index in [2.05, 4.69) is 26.9 Å². The highest BCUT2D eigenvalue weighted by molar-refractivity contribution is 7.89. The van der Waals surface area contributed by atoms with Gasteiger partial charge in [-0.15, -0.1) is 0 Å². The summed E-state index contributed by atoms with van der Waals surface area (Å²) in [6.45, 7) is 5.17. The Hall–Kier alpha value is -4.61. The fourth-order valence-electron chi connectivity index (χ4n) is 3.08. The predicted octanol–water partition coefficient (Wildman–Crippen LogP) is 5.19. The Morgan fingerprint density at radius 1 is 0.977 bits per heavy atom. The summed E-state index contributed by atoms with van der Waals surface area (Å²) in [7, 11) is -4.01. The van der Waals surface area contributed by atoms with E-state index in [1.54, 1.807) is 42.6 Å². The highest BCUT2D eigenvalue weighted by Crippen LogP contribution is 2.18. The molecule has 0 radical (unpaired) electrons. The first-order chi connectivity index (χ1) is 20.9. The zero-order valence-electron chi connectivity index (χ0n) is 24.0. The number of ether oxygens (including phenoxy) is 1. The van der Waals surface area contributed by atoms with Gasteiger partial charge in [0.2, 0.25) is 10.0 Å². The highest BCUT2D eigenvalue weighted by Gasteiger charge is 2.38. The second kappa shape index (κ2) is 19.6. The van der Waals surface area contributed by atoms with E-state index in [0.29, 0.717) is 17.9 Å². The minimum absolute atomic E-state index is 0.0243. The number of halogens is 3. The van der Waals surface area contributed by atoms with Crippen molar-refractivity contribution in [2.75, 3.05) is 18.5 Å². The maximum atomic E-state index is 12.9. The van der Waals surface area contributed by atoms with Crippen LogP contribution < -0.4 is 14.8 Å². The van der Waals surface area contributed by atoms with Crippen molar-refractivity contribution in [3.05, 3.63) is 84.6 Å². The van der Waals surface area contributed by atoms with Crippen molar-refractivity contribution in [3.63, 3.8) is 0 Å². The van der Waals surface area contributed by atoms with Crippen LogP contribution >= 0.6 is 0 Å². The van der Waals surface area contributed by atoms with Gasteiger partial charge in [-0.25, -0.2) is 18.2 Å². The van der Waals surface area contributed by atoms with Crippen molar-refractivity contribution in [2.24, 2.45) is 0 Å². The number of pyridine rings is 1. The van der Waals surface area contributed by atoms with Crippen LogP contribution in [0.5, 0.6) is 5.75 Å². The molecule has 0 fully saturated rings. The van der Waals surface area contributed by atoms with E-state index >= 15 is 0 Å². The topological polar surface area (TPSA) is 155 Å². The molecular formula is C30H34F3N3O7S. The molecule has 1 aromatic heterocycles. The molecule has 0 saturated heterocycles. The van der Waals surface area contributed by atoms with E-state index in [4.69, 9.17) is 14.6 Å². The molecule has 238 valence electrons. The molecule has 0 aliphatic rings. The molecule has 0 bridgehead atoms. The first-order valence-corrected chi connectivity index (χ1v) is 14.8. The Morgan fingerprint density at radius 3 is 2.23 bits per heavy atom. The van der Waals surface area contributed by atoms with Gasteiger partial charge in [0.15, 0.2) is 0 Å². The molecule has 3 rings (SSSR count). The summed E-state index contributed by atoms with van der Waals surface area (Å²) >= 11 is 0. The number of unbranched alkanes of at least 4 members (excludes halogenated alkanes) is 1. The lowest BCUT2D eigenvalue weighted by atomic mass is 10.2. The van der Waals surface area contributed by atoms with Crippen molar-refractivity contribution in [1.29, 1.82) is 0 Å². The van der Waals surface area contributed by atoms with E-state index in [0.717, 1.165) is 25.2 Å². The van der Waals surface area contributed by atoms with Crippen LogP contribution in [0.15, 0.2) is 83.9 Å². The zero-order chi connectivity index (χ0) is 33.0. The van der Waals surface area contributed by atoms with Gasteiger partial charge in [0.1, 0.15) is 11.6 Å². The summed E-state index contributed by atoms with van der Waals surface area (Å²) in [5, 5.41) is 19.5. The third kappa shape index (κ3) is 15.6. The molecule has 2 aromatic carbocycles. The van der Waals surface area contributed by atoms with E-state index in [-0.39, 0.29) is 4.90 Å². The summed E-state index contributed by atoms with van der Waals surface area (Å²) in [6.07, 6.45) is -2.21. The maximum Gasteiger partial charge on any atom is 0.490 e. The molecular weight excluding hydrogens is 603 g/mol. The number of nitrogens with one attached hydrogen (secondary N) is 2. The van der Waals surface area contributed by atoms with Crippen molar-refractivity contribution in [3.8, 4) is 17.6 Å². The Labute approximate surface area is 254 Å². The van der Waals surface area contributed by atoms with Gasteiger partial charge < -0.3 is 20.3 Å². The summed E-state index contributed by atoms with van der Waals surface area (Å²) in [5.41, 5.74) is 0.660. The van der Waals surface area contributed by atoms with Gasteiger partial charge >= 0.3 is 18.1 Å². The molecule has 44 heavy (non-hydrogen) atoms. The fourth-order valence-corrected chi connectivity index (χ4v) is 4.26. The van der Waals surface area contributed by atoms with Gasteiger partial charge in [-0.05, 0) is 49.2 Å². The Balaban J connectivity index is 0.000000945. The molecule has 10 nitrogen and oxygen atoms in total. The predicted molar refractivity (Wildman–Crippen MR) is 159 cm³/mol. The number of aromatic nitrogens is 1. The third-order valence-corrected chi connectivity index (χ3v) is 6.48. The minimum atomic E-state index is -5.08. The normalized spacial score (nSPS) is 11.2. The number of carboxylic acids is 2. The van der Waals surface area contributed by atoms with Crippen LogP contribution in [0.2, 0.25) is 0 Å². The van der Waals surface area contributed by atoms with Gasteiger partial charge in [-0.1, -0.05) is 56.0 Å². The molecule has 14 heteroatoms. The molecule has 0 saturated carbocycles. The van der Waals surface area contributed by atoms with Crippen molar-refractivity contribution in [1.82, 2.24) is 9.71 Å². The molecule has 0 spiro atoms. The number of nitrogens with zero attached hydrogens (tertiary/aromatic N) is 1. The smallest absolute Gasteiger partial charge is 0.490 e. The molecule has 0 aliphatic carbocycles. The lowest BCUT2D eigenvalue weighted by Crippen LogP contribution is -2.35. The highest BCUT2D eigenvalue weighted by atomic mass is 32.2. The number of aliphatic carboxylic acids is 2. The van der Waals surface area contributed by atoms with E-state index < -0.39 is 40.6 Å². The zero-order valence-corrected chi connectivity index (χ0v) is 24.9. The van der Waals surface area contributed by atoms with Crippen LogP contribution in [0.4, 0.5) is 19.0 Å². The first-order valence-electron chi connectivity index (χ1n) is 13.4. The number of anilines is 1. The number of rotatable bonds is 12. The first kappa shape index (κ1) is 37.4. The van der Waals surface area contributed by atoms with Crippen molar-refractivity contribution < 1.29 is 46.1 Å². The van der Waals surface area contributed by atoms with Crippen LogP contribution in [-0.4, -0.2) is 60.9 Å². The van der Waals surface area contributed by atoms with Crippen LogP contribution in [0, 0.1) is 11.8 Å². The molecule has 1 heterocycles. The monoisotopic (exact) mass is 637 g/mol. The SMILES string of the molecule is CC.O=C(O)C(F)(F)F.O=C(O)CC(C#Cc1ccccc1)NS(=O)(=O)c1cccc(OCCCCNc2ccccn2)c1. The van der Waals surface area contributed by atoms with Gasteiger partial charge in [-0.3, -0.25) is 4.79 Å². The molecule has 1 unspecified atom stereocenters. The molecule has 0 aliphatic heterocycles. The number of benzene rings is 2. The summed E-state index contributed by atoms with van der Waals surface area (Å²) in [5.74, 6) is 2.84. The average Bonchev–Trinajstić information content (AvgIpc) is 2.99. The minimum Gasteiger partial charge on any atom is -0.494 e. The average molecular weight is 638 g/mol. The van der Waals surface area contributed by atoms with E-state index in [1.165, 1.54) is 12.1 Å². The Kier molecular flexibility index (Phi) is 16.6. The Bertz CT molecular complexity index is 1460. The number of carbonyl (C=O) groups is 2. The second-order valence-corrected chi connectivity index (χ2v) is 10.1. The summed E-state index contributed by atoms with van der Waals surface area (Å²) < 4.78 is 65.6. The van der Waals surface area contributed by atoms with Gasteiger partial charge in [0, 0.05) is 24.4 Å². The fraction of sp³-hybridized carbons (Fsp3) is 0.300. The van der Waals surface area contributed by atoms with Gasteiger partial charge in [0.25, 0.3) is 0 Å². The van der Waals surface area contributed by atoms with Crippen molar-refractivity contribution >= 4 is 27.8 Å². The standard InChI is InChI=1S/C26H27N3O5S.C2HF3O2.C2H6/c30-26(31)19-22(15-14-21-9-2-1-3-10-21)29-35(32,33)24-12-8-11-23(20-24)34-18-7-6-17-28-25-13-4-5-16-27-25;3-2(4,5)1(6)7;1-2/h1-5,8-13,16,20,22,29H,6-7,17-19H2,(H,27,28)(H,30,31);(H,6,7);1-2H3. The number of carboxylic acid groups (broad SMARTS) is 2. The van der Waals surface area contributed by atoms with Crippen LogP contribution in [0.1, 0.15) is 38.7 Å². The van der Waals surface area contributed by atoms with Crippen LogP contribution in [0.25, 0.3) is 0 Å². The molecule has 1 atom stereocenters. The number of sulfonamides is 1. The lowest BCUT2D eigenvalue weighted by Gasteiger charge is -2.13. The van der Waals surface area contributed by atoms with Gasteiger partial charge in [0.05, 0.1) is 24.0 Å². The largest absolute Gasteiger partial charge is 0.494 e. The summed E-state index contributed by atoms with van der Waals surface area (Å²) in [6, 6.07) is 19.6. The summed E-state index contributed by atoms with van der Waals surface area (Å²) in [4.78, 5) is 24.3. The number of hydrogen-bond acceptors (Lipinski definition) is 7. The number of hydrogen-bond donors (Lipinski definition) is 4. The molecule has 3 aromatic rings. The third-order valence-electron chi connectivity index (χ3n) is 5.01. The van der Waals surface area contributed by atoms with E-state index in [1.807, 2.05) is 38.1 Å².